The zero-order valence-electron chi connectivity index (χ0n) is 39.8. The van der Waals surface area contributed by atoms with Gasteiger partial charge in [-0.25, -0.2) is 9.59 Å². The maximum absolute atomic E-state index is 14.2. The SMILES string of the molecule is CC1=C(C(=O)NCCCN(C)CCCNC(=O)C2=C(C)N(c3cccc(C(F)(F)F)c3)C(=O)N(CC(=O)O)[C@@H]2c2ccc(C#N)cc2)[C@@H](c2ccc(C#N)cc2)N(CC(=O)O)C(=O)N1c1cccc(C(F)(F)F)c1. The number of nitrogens with zero attached hydrogens (tertiary/aromatic N) is 7. The molecule has 4 aromatic carbocycles. The Balaban J connectivity index is 1.17. The zero-order chi connectivity index (χ0) is 54.2. The number of alkyl halides is 6. The first-order valence-electron chi connectivity index (χ1n) is 22.6. The van der Waals surface area contributed by atoms with Crippen LogP contribution in [0.3, 0.4) is 0 Å². The molecule has 2 aliphatic rings. The van der Waals surface area contributed by atoms with E-state index in [9.17, 15) is 75.8 Å². The number of halogens is 6. The third-order valence-corrected chi connectivity index (χ3v) is 12.2. The standard InChI is InChI=1S/C51H47F6N9O8/c1-30-42(44(34-16-12-32(26-58)13-17-34)63(28-40(67)68)48(73)65(30)38-10-4-8-36(24-38)50(52,53)54)46(71)60-20-6-22-62(3)23-7-21-61-47(72)43-31(2)66(39-11-5-9-37(25-39)51(55,56)57)49(74)64(29-41(69)70)45(43)35-18-14-33(27-59)15-19-35/h4-5,8-19,24-25,44-45H,6-7,20-23,28-29H2,1-3H3,(H,60,71)(H,61,72)(H,67,68)(H,69,70)/t44-,45-/m1/s1. The maximum atomic E-state index is 14.2. The molecule has 2 atom stereocenters. The third kappa shape index (κ3) is 12.3. The molecule has 4 N–H and O–H groups in total. The molecule has 2 heterocycles. The number of hydrogen-bond donors (Lipinski definition) is 4. The number of nitriles is 2. The van der Waals surface area contributed by atoms with Crippen LogP contribution in [0.4, 0.5) is 47.3 Å². The third-order valence-electron chi connectivity index (χ3n) is 12.2. The average molecular weight is 1030 g/mol. The zero-order valence-corrected chi connectivity index (χ0v) is 39.8. The maximum Gasteiger partial charge on any atom is 0.416 e. The van der Waals surface area contributed by atoms with Crippen LogP contribution >= 0.6 is 0 Å². The lowest BCUT2D eigenvalue weighted by Gasteiger charge is -2.42. The summed E-state index contributed by atoms with van der Waals surface area (Å²) in [6.07, 6.45) is -8.98. The Hall–Kier alpha value is -8.70. The van der Waals surface area contributed by atoms with Crippen LogP contribution in [0.25, 0.3) is 0 Å². The van der Waals surface area contributed by atoms with E-state index in [4.69, 9.17) is 0 Å². The van der Waals surface area contributed by atoms with Crippen molar-refractivity contribution in [1.29, 1.82) is 10.5 Å². The molecule has 0 saturated heterocycles. The van der Waals surface area contributed by atoms with Crippen LogP contribution in [0.2, 0.25) is 0 Å². The lowest BCUT2D eigenvalue weighted by molar-refractivity contribution is -0.139. The van der Waals surface area contributed by atoms with Crippen molar-refractivity contribution < 1.29 is 65.3 Å². The molecule has 0 aliphatic carbocycles. The summed E-state index contributed by atoms with van der Waals surface area (Å²) in [4.78, 5) is 86.3. The number of hydrogen-bond acceptors (Lipinski definition) is 9. The Morgan fingerprint density at radius 3 is 1.27 bits per heavy atom. The summed E-state index contributed by atoms with van der Waals surface area (Å²) in [5.41, 5.74) is -2.24. The van der Waals surface area contributed by atoms with Gasteiger partial charge < -0.3 is 35.5 Å². The van der Waals surface area contributed by atoms with E-state index in [0.717, 1.165) is 43.9 Å². The summed E-state index contributed by atoms with van der Waals surface area (Å²) in [5.74, 6) is -4.47. The fourth-order valence-electron chi connectivity index (χ4n) is 8.73. The van der Waals surface area contributed by atoms with Gasteiger partial charge in [0, 0.05) is 24.5 Å². The first-order chi connectivity index (χ1) is 35.0. The molecule has 386 valence electrons. The number of nitrogens with one attached hydrogen (secondary N) is 2. The second kappa shape index (κ2) is 22.8. The fraction of sp³-hybridized carbons (Fsp3) is 0.294. The van der Waals surface area contributed by atoms with Gasteiger partial charge in [0.25, 0.3) is 11.8 Å². The second-order valence-electron chi connectivity index (χ2n) is 17.2. The lowest BCUT2D eigenvalue weighted by Crippen LogP contribution is -2.53. The molecule has 74 heavy (non-hydrogen) atoms. The van der Waals surface area contributed by atoms with Crippen LogP contribution in [-0.4, -0.2) is 107 Å². The smallest absolute Gasteiger partial charge is 0.416 e. The van der Waals surface area contributed by atoms with E-state index in [2.05, 4.69) is 10.6 Å². The number of benzene rings is 4. The number of carboxylic acids is 2. The van der Waals surface area contributed by atoms with Gasteiger partial charge in [-0.3, -0.25) is 29.0 Å². The highest BCUT2D eigenvalue weighted by Gasteiger charge is 2.45. The fourth-order valence-corrected chi connectivity index (χ4v) is 8.73. The monoisotopic (exact) mass is 1030 g/mol. The Morgan fingerprint density at radius 1 is 0.608 bits per heavy atom. The number of carbonyl (C=O) groups is 6. The molecule has 17 nitrogen and oxygen atoms in total. The van der Waals surface area contributed by atoms with Crippen LogP contribution in [0.15, 0.2) is 120 Å². The molecule has 0 bridgehead atoms. The summed E-state index contributed by atoms with van der Waals surface area (Å²) >= 11 is 0. The van der Waals surface area contributed by atoms with Crippen molar-refractivity contribution in [2.24, 2.45) is 0 Å². The van der Waals surface area contributed by atoms with Gasteiger partial charge in [-0.2, -0.15) is 36.9 Å². The van der Waals surface area contributed by atoms with Crippen molar-refractivity contribution in [3.8, 4) is 12.1 Å². The largest absolute Gasteiger partial charge is 0.480 e. The van der Waals surface area contributed by atoms with Crippen LogP contribution in [0.5, 0.6) is 0 Å². The number of aliphatic carboxylic acids is 2. The molecule has 0 unspecified atom stereocenters. The molecule has 0 spiro atoms. The van der Waals surface area contributed by atoms with E-state index in [1.807, 2.05) is 17.0 Å². The number of allylic oxidation sites excluding steroid dienone is 2. The Labute approximate surface area is 419 Å². The average Bonchev–Trinajstić information content (AvgIpc) is 3.35. The normalized spacial score (nSPS) is 16.3. The van der Waals surface area contributed by atoms with Crippen LogP contribution in [-0.2, 0) is 31.5 Å². The number of anilines is 2. The van der Waals surface area contributed by atoms with Gasteiger partial charge in [-0.05, 0) is 119 Å². The summed E-state index contributed by atoms with van der Waals surface area (Å²) in [5, 5.41) is 44.2. The number of rotatable bonds is 18. The van der Waals surface area contributed by atoms with E-state index >= 15 is 0 Å². The Kier molecular flexibility index (Phi) is 16.8. The summed E-state index contributed by atoms with van der Waals surface area (Å²) in [6, 6.07) is 18.1. The predicted molar refractivity (Wildman–Crippen MR) is 253 cm³/mol. The molecule has 6 amide bonds. The molecule has 0 saturated carbocycles. The molecule has 0 aromatic heterocycles. The highest BCUT2D eigenvalue weighted by molar-refractivity contribution is 6.07. The highest BCUT2D eigenvalue weighted by Crippen LogP contribution is 2.43. The minimum Gasteiger partial charge on any atom is -0.480 e. The van der Waals surface area contributed by atoms with Gasteiger partial charge in [0.2, 0.25) is 0 Å². The summed E-state index contributed by atoms with van der Waals surface area (Å²) in [7, 11) is 1.75. The summed E-state index contributed by atoms with van der Waals surface area (Å²) in [6.45, 7) is 1.55. The first kappa shape index (κ1) is 54.6. The van der Waals surface area contributed by atoms with Crippen molar-refractivity contribution in [2.75, 3.05) is 56.1 Å². The number of carboxylic acid groups (broad SMARTS) is 2. The van der Waals surface area contributed by atoms with Crippen molar-refractivity contribution >= 4 is 47.2 Å². The molecular weight excluding hydrogens is 981 g/mol. The number of carbonyl (C=O) groups excluding carboxylic acids is 4. The first-order valence-corrected chi connectivity index (χ1v) is 22.6. The van der Waals surface area contributed by atoms with Crippen LogP contribution in [0.1, 0.15) is 72.2 Å². The van der Waals surface area contributed by atoms with Gasteiger partial charge >= 0.3 is 36.4 Å². The van der Waals surface area contributed by atoms with Crippen molar-refractivity contribution in [2.45, 2.75) is 51.1 Å². The lowest BCUT2D eigenvalue weighted by atomic mass is 9.91. The molecule has 0 radical (unpaired) electrons. The molecule has 23 heteroatoms. The van der Waals surface area contributed by atoms with E-state index in [-0.39, 0.29) is 69.3 Å². The van der Waals surface area contributed by atoms with E-state index in [1.54, 1.807) is 7.05 Å². The highest BCUT2D eigenvalue weighted by atomic mass is 19.4. The number of amides is 6. The Morgan fingerprint density at radius 2 is 0.959 bits per heavy atom. The van der Waals surface area contributed by atoms with Gasteiger partial charge in [0.1, 0.15) is 13.1 Å². The molecule has 0 fully saturated rings. The van der Waals surface area contributed by atoms with E-state index in [1.165, 1.54) is 74.5 Å². The quantitative estimate of drug-likeness (QED) is 0.0555. The van der Waals surface area contributed by atoms with Gasteiger partial charge in [0.05, 0.1) is 69.0 Å². The molecule has 6 rings (SSSR count). The Bertz CT molecular complexity index is 2780. The van der Waals surface area contributed by atoms with Gasteiger partial charge in [0.15, 0.2) is 0 Å². The topological polar surface area (TPSA) is 231 Å². The van der Waals surface area contributed by atoms with Crippen molar-refractivity contribution in [3.63, 3.8) is 0 Å². The van der Waals surface area contributed by atoms with Crippen molar-refractivity contribution in [1.82, 2.24) is 25.3 Å². The molecule has 2 aliphatic heterocycles. The predicted octanol–water partition coefficient (Wildman–Crippen LogP) is 7.80. The van der Waals surface area contributed by atoms with Gasteiger partial charge in [-0.1, -0.05) is 36.4 Å². The second-order valence-corrected chi connectivity index (χ2v) is 17.2. The minimum atomic E-state index is -4.80. The molecule has 4 aromatic rings. The van der Waals surface area contributed by atoms with E-state index in [0.29, 0.717) is 38.1 Å². The molecular formula is C51H47F6N9O8. The summed E-state index contributed by atoms with van der Waals surface area (Å²) < 4.78 is 82.9. The number of urea groups is 2. The van der Waals surface area contributed by atoms with E-state index < -0.39 is 84.5 Å². The van der Waals surface area contributed by atoms with Crippen LogP contribution < -0.4 is 20.4 Å². The van der Waals surface area contributed by atoms with Gasteiger partial charge in [-0.15, -0.1) is 0 Å². The minimum absolute atomic E-state index is 0.0192. The van der Waals surface area contributed by atoms with Crippen LogP contribution in [0, 0.1) is 22.7 Å². The van der Waals surface area contributed by atoms with Crippen molar-refractivity contribution in [3.05, 3.63) is 153 Å².